The van der Waals surface area contributed by atoms with E-state index in [0.29, 0.717) is 19.4 Å². The van der Waals surface area contributed by atoms with Crippen LogP contribution in [0, 0.1) is 0 Å². The molecular weight excluding hydrogens is 689 g/mol. The number of phosphoric acid groups is 1. The smallest absolute Gasteiger partial charge is 0.462 e. The van der Waals surface area contributed by atoms with Crippen LogP contribution in [0.4, 0.5) is 0 Å². The number of hydrogen-bond acceptors (Lipinski definition) is 8. The number of unbranched alkanes of at least 4 members (excludes halogenated alkanes) is 7. The highest BCUT2D eigenvalue weighted by molar-refractivity contribution is 7.47. The first kappa shape index (κ1) is 50.2. The number of hydrogen-bond donors (Lipinski definition) is 1. The summed E-state index contributed by atoms with van der Waals surface area (Å²) in [7, 11) is -0.752. The predicted octanol–water partition coefficient (Wildman–Crippen LogP) is 11.1. The molecule has 1 N–H and O–H groups in total. The van der Waals surface area contributed by atoms with Crippen molar-refractivity contribution >= 4 is 19.8 Å². The fourth-order valence-corrected chi connectivity index (χ4v) is 5.43. The number of likely N-dealkylation sites (N-methyl/N-ethyl adjacent to an activating group) is 1. The van der Waals surface area contributed by atoms with Crippen LogP contribution in [0.25, 0.3) is 0 Å². The maximum Gasteiger partial charge on any atom is 0.472 e. The highest BCUT2D eigenvalue weighted by atomic mass is 31.2. The molecule has 9 nitrogen and oxygen atoms in total. The van der Waals surface area contributed by atoms with Crippen molar-refractivity contribution in [3.8, 4) is 0 Å². The van der Waals surface area contributed by atoms with Gasteiger partial charge in [-0.25, -0.2) is 4.57 Å². The fourth-order valence-electron chi connectivity index (χ4n) is 4.69. The Bertz CT molecular complexity index is 1150. The van der Waals surface area contributed by atoms with Crippen LogP contribution >= 0.6 is 7.82 Å². The molecule has 2 unspecified atom stereocenters. The number of phosphoric ester groups is 1. The minimum Gasteiger partial charge on any atom is -0.462 e. The van der Waals surface area contributed by atoms with E-state index in [-0.39, 0.29) is 26.1 Å². The first-order chi connectivity index (χ1) is 25.7. The summed E-state index contributed by atoms with van der Waals surface area (Å²) in [4.78, 5) is 36.9. The van der Waals surface area contributed by atoms with E-state index < -0.39 is 32.5 Å². The average Bonchev–Trinajstić information content (AvgIpc) is 3.12. The van der Waals surface area contributed by atoms with Crippen molar-refractivity contribution in [1.29, 1.82) is 0 Å². The number of rotatable bonds is 35. The predicted molar refractivity (Wildman–Crippen MR) is 220 cm³/mol. The molecule has 0 rings (SSSR count). The van der Waals surface area contributed by atoms with Gasteiger partial charge in [0.1, 0.15) is 6.61 Å². The summed E-state index contributed by atoms with van der Waals surface area (Å²) in [5, 5.41) is 0. The van der Waals surface area contributed by atoms with E-state index in [1.165, 1.54) is 0 Å². The third-order valence-corrected chi connectivity index (χ3v) is 8.68. The third kappa shape index (κ3) is 38.7. The number of esters is 2. The highest BCUT2D eigenvalue weighted by Crippen LogP contribution is 2.43. The lowest BCUT2D eigenvalue weighted by Crippen LogP contribution is -2.29. The Kier molecular flexibility index (Phi) is 35.5. The van der Waals surface area contributed by atoms with Crippen molar-refractivity contribution in [2.75, 3.05) is 40.5 Å². The standard InChI is InChI=1S/C43H72NO8P/c1-5-7-9-11-13-15-17-19-21-23-25-27-29-31-33-35-42(45)49-39-41(40-51-53(47,48)50-38-37-44(3)4)52-43(46)36-34-32-30-28-26-24-22-20-18-16-14-12-10-8-6-2/h7-10,13-16,19-22,25,27,41H,5-6,11-12,17-18,23-24,26,28-40H2,1-4H3,(H,47,48)/b9-7-,10-8-,15-13-,16-14-,21-19-,22-20-,27-25-. The first-order valence-corrected chi connectivity index (χ1v) is 21.4. The molecule has 2 atom stereocenters. The molecule has 0 aromatic heterocycles. The molecule has 0 saturated heterocycles. The van der Waals surface area contributed by atoms with E-state index in [2.05, 4.69) is 98.9 Å². The molecule has 0 aliphatic heterocycles. The zero-order valence-corrected chi connectivity index (χ0v) is 34.3. The molecule has 0 bridgehead atoms. The largest absolute Gasteiger partial charge is 0.472 e. The second-order valence-electron chi connectivity index (χ2n) is 13.0. The van der Waals surface area contributed by atoms with Gasteiger partial charge in [0.05, 0.1) is 13.2 Å². The van der Waals surface area contributed by atoms with Crippen LogP contribution in [0.5, 0.6) is 0 Å². The minimum atomic E-state index is -4.38. The highest BCUT2D eigenvalue weighted by Gasteiger charge is 2.26. The molecule has 0 saturated carbocycles. The number of ether oxygens (including phenoxy) is 2. The lowest BCUT2D eigenvalue weighted by molar-refractivity contribution is -0.161. The SMILES string of the molecule is CC/C=C\C/C=C\C/C=C\C/C=C\CCCCC(=O)OCC(COP(=O)(O)OCCN(C)C)OC(=O)CCCCCCC/C=C\C/C=C\C/C=C\CC. The van der Waals surface area contributed by atoms with Crippen LogP contribution in [-0.2, 0) is 32.7 Å². The molecule has 53 heavy (non-hydrogen) atoms. The molecule has 0 aliphatic carbocycles. The monoisotopic (exact) mass is 761 g/mol. The van der Waals surface area contributed by atoms with E-state index in [1.807, 2.05) is 14.1 Å². The third-order valence-electron chi connectivity index (χ3n) is 7.70. The quantitative estimate of drug-likeness (QED) is 0.0292. The maximum absolute atomic E-state index is 12.6. The van der Waals surface area contributed by atoms with Crippen LogP contribution in [-0.4, -0.2) is 68.3 Å². The van der Waals surface area contributed by atoms with Gasteiger partial charge in [0.25, 0.3) is 0 Å². The van der Waals surface area contributed by atoms with Gasteiger partial charge in [-0.15, -0.1) is 0 Å². The van der Waals surface area contributed by atoms with Crippen molar-refractivity contribution in [1.82, 2.24) is 4.90 Å². The van der Waals surface area contributed by atoms with Gasteiger partial charge < -0.3 is 19.3 Å². The molecule has 0 aliphatic rings. The summed E-state index contributed by atoms with van der Waals surface area (Å²) >= 11 is 0. The summed E-state index contributed by atoms with van der Waals surface area (Å²) in [6.45, 7) is 3.99. The summed E-state index contributed by atoms with van der Waals surface area (Å²) in [5.41, 5.74) is 0. The Hall–Kier alpha value is -2.81. The van der Waals surface area contributed by atoms with Gasteiger partial charge in [-0.2, -0.15) is 0 Å². The van der Waals surface area contributed by atoms with E-state index in [1.54, 1.807) is 4.90 Å². The number of nitrogens with zero attached hydrogens (tertiary/aromatic N) is 1. The molecule has 0 aromatic carbocycles. The van der Waals surface area contributed by atoms with Gasteiger partial charge in [0.2, 0.25) is 0 Å². The van der Waals surface area contributed by atoms with Crippen LogP contribution in [0.1, 0.15) is 129 Å². The van der Waals surface area contributed by atoms with E-state index in [0.717, 1.165) is 89.9 Å². The Labute approximate surface area is 322 Å². The van der Waals surface area contributed by atoms with Crippen molar-refractivity contribution in [3.63, 3.8) is 0 Å². The molecule has 0 spiro atoms. The van der Waals surface area contributed by atoms with Crippen molar-refractivity contribution < 1.29 is 37.6 Å². The van der Waals surface area contributed by atoms with E-state index >= 15 is 0 Å². The average molecular weight is 762 g/mol. The normalized spacial score (nSPS) is 14.4. The van der Waals surface area contributed by atoms with Gasteiger partial charge in [-0.3, -0.25) is 18.6 Å². The van der Waals surface area contributed by atoms with Crippen LogP contribution in [0.3, 0.4) is 0 Å². The molecule has 0 aromatic rings. The zero-order valence-electron chi connectivity index (χ0n) is 33.4. The Morgan fingerprint density at radius 2 is 1.02 bits per heavy atom. The second kappa shape index (κ2) is 37.5. The lowest BCUT2D eigenvalue weighted by Gasteiger charge is -2.20. The van der Waals surface area contributed by atoms with Crippen LogP contribution < -0.4 is 0 Å². The molecule has 0 heterocycles. The molecule has 302 valence electrons. The molecule has 10 heteroatoms. The Morgan fingerprint density at radius 1 is 0.585 bits per heavy atom. The number of allylic oxidation sites excluding steroid dienone is 14. The van der Waals surface area contributed by atoms with Crippen LogP contribution in [0.2, 0.25) is 0 Å². The van der Waals surface area contributed by atoms with Gasteiger partial charge in [-0.1, -0.05) is 118 Å². The zero-order chi connectivity index (χ0) is 39.1. The number of carbonyl (C=O) groups is 2. The lowest BCUT2D eigenvalue weighted by atomic mass is 10.1. The van der Waals surface area contributed by atoms with Crippen molar-refractivity contribution in [2.24, 2.45) is 0 Å². The number of carbonyl (C=O) groups excluding carboxylic acids is 2. The summed E-state index contributed by atoms with van der Waals surface area (Å²) < 4.78 is 33.3. The van der Waals surface area contributed by atoms with Crippen molar-refractivity contribution in [2.45, 2.75) is 136 Å². The molecule has 0 radical (unpaired) electrons. The van der Waals surface area contributed by atoms with Gasteiger partial charge in [-0.05, 0) is 97.6 Å². The Morgan fingerprint density at radius 3 is 1.55 bits per heavy atom. The van der Waals surface area contributed by atoms with E-state index in [9.17, 15) is 19.0 Å². The second-order valence-corrected chi connectivity index (χ2v) is 14.5. The summed E-state index contributed by atoms with van der Waals surface area (Å²) in [6.07, 6.45) is 44.9. The topological polar surface area (TPSA) is 112 Å². The molecule has 0 amide bonds. The molecule has 0 fully saturated rings. The van der Waals surface area contributed by atoms with E-state index in [4.69, 9.17) is 18.5 Å². The fraction of sp³-hybridized carbons (Fsp3) is 0.628. The summed E-state index contributed by atoms with van der Waals surface area (Å²) in [5.74, 6) is -0.883. The van der Waals surface area contributed by atoms with Crippen molar-refractivity contribution in [3.05, 3.63) is 85.1 Å². The van der Waals surface area contributed by atoms with Gasteiger partial charge >= 0.3 is 19.8 Å². The van der Waals surface area contributed by atoms with Crippen LogP contribution in [0.15, 0.2) is 85.1 Å². The first-order valence-electron chi connectivity index (χ1n) is 19.9. The minimum absolute atomic E-state index is 0.00797. The Balaban J connectivity index is 4.46. The van der Waals surface area contributed by atoms with Gasteiger partial charge in [0.15, 0.2) is 6.10 Å². The molecular formula is C43H72NO8P. The maximum atomic E-state index is 12.6. The van der Waals surface area contributed by atoms with Gasteiger partial charge in [0, 0.05) is 19.4 Å². The summed E-state index contributed by atoms with van der Waals surface area (Å²) in [6, 6.07) is 0.